The van der Waals surface area contributed by atoms with E-state index in [-0.39, 0.29) is 5.56 Å². The molecule has 0 saturated heterocycles. The highest BCUT2D eigenvalue weighted by molar-refractivity contribution is 5.91. The molecule has 2 rings (SSSR count). The molecular formula is C35H23F26NO5. The van der Waals surface area contributed by atoms with E-state index in [4.69, 9.17) is 19.5 Å². The van der Waals surface area contributed by atoms with Gasteiger partial charge in [0.2, 0.25) is 5.43 Å². The van der Waals surface area contributed by atoms with Crippen molar-refractivity contribution in [1.29, 1.82) is 5.26 Å². The molecule has 0 unspecified atom stereocenters. The van der Waals surface area contributed by atoms with E-state index in [9.17, 15) is 124 Å². The van der Waals surface area contributed by atoms with Gasteiger partial charge in [-0.3, -0.25) is 4.79 Å². The number of halogens is 26. The Labute approximate surface area is 355 Å². The molecule has 32 heteroatoms. The van der Waals surface area contributed by atoms with Gasteiger partial charge >= 0.3 is 77.5 Å². The average Bonchev–Trinajstić information content (AvgIpc) is 3.36. The highest BCUT2D eigenvalue weighted by atomic mass is 19.4. The molecular weight excluding hydrogens is 1010 g/mol. The molecule has 0 heterocycles. The highest BCUT2D eigenvalue weighted by Gasteiger charge is 2.92. The van der Waals surface area contributed by atoms with Crippen LogP contribution in [0.2, 0.25) is 0 Å². The van der Waals surface area contributed by atoms with E-state index in [2.05, 4.69) is 0 Å². The van der Waals surface area contributed by atoms with Crippen molar-refractivity contribution < 1.29 is 133 Å². The van der Waals surface area contributed by atoms with Gasteiger partial charge in [-0.2, -0.15) is 119 Å². The van der Waals surface area contributed by atoms with Gasteiger partial charge in [-0.05, 0) is 68.1 Å². The lowest BCUT2D eigenvalue weighted by atomic mass is 9.92. The van der Waals surface area contributed by atoms with Crippen molar-refractivity contribution in [3.05, 3.63) is 63.8 Å². The van der Waals surface area contributed by atoms with Gasteiger partial charge < -0.3 is 14.2 Å². The molecule has 0 N–H and O–H groups in total. The number of unbranched alkanes of at least 4 members (excludes halogenated alkanes) is 2. The van der Waals surface area contributed by atoms with Gasteiger partial charge in [0.15, 0.2) is 17.2 Å². The molecule has 6 nitrogen and oxygen atoms in total. The Balaban J connectivity index is 2.33. The van der Waals surface area contributed by atoms with Crippen molar-refractivity contribution in [1.82, 2.24) is 0 Å². The van der Waals surface area contributed by atoms with Gasteiger partial charge in [0.25, 0.3) is 0 Å². The van der Waals surface area contributed by atoms with Crippen LogP contribution in [0.5, 0.6) is 17.2 Å². The number of carbonyl (C=O) groups excluding carboxylic acids is 1. The van der Waals surface area contributed by atoms with Crippen molar-refractivity contribution >= 4 is 5.97 Å². The van der Waals surface area contributed by atoms with E-state index in [1.54, 1.807) is 6.07 Å². The summed E-state index contributed by atoms with van der Waals surface area (Å²) in [5.41, 5.74) is -1.89. The first-order chi connectivity index (χ1) is 29.9. The van der Waals surface area contributed by atoms with Crippen molar-refractivity contribution in [3.8, 4) is 23.3 Å². The monoisotopic (exact) mass is 1030 g/mol. The van der Waals surface area contributed by atoms with Crippen LogP contribution in [0.15, 0.2) is 47.3 Å². The zero-order valence-corrected chi connectivity index (χ0v) is 32.0. The molecule has 2 aromatic carbocycles. The summed E-state index contributed by atoms with van der Waals surface area (Å²) in [6, 6.07) is 7.02. The maximum atomic E-state index is 14.2. The lowest BCUT2D eigenvalue weighted by molar-refractivity contribution is -0.440. The number of hydrogen-bond donors (Lipinski definition) is 0. The maximum Gasteiger partial charge on any atom is 0.460 e. The molecule has 0 aliphatic heterocycles. The number of carbonyl (C=O) groups is 1. The number of benzene rings is 1. The first-order valence-electron chi connectivity index (χ1n) is 17.5. The molecule has 0 aliphatic rings. The van der Waals surface area contributed by atoms with Crippen molar-refractivity contribution in [2.45, 2.75) is 110 Å². The Morgan fingerprint density at radius 1 is 0.448 bits per heavy atom. The lowest BCUT2D eigenvalue weighted by Gasteiger charge is -2.39. The van der Waals surface area contributed by atoms with E-state index in [1.807, 2.05) is 0 Å². The molecule has 0 aliphatic carbocycles. The molecule has 2 aromatic rings. The van der Waals surface area contributed by atoms with Gasteiger partial charge in [0.1, 0.15) is 0 Å². The maximum absolute atomic E-state index is 14.2. The van der Waals surface area contributed by atoms with Crippen LogP contribution in [0, 0.1) is 11.3 Å². The Kier molecular flexibility index (Phi) is 16.5. The van der Waals surface area contributed by atoms with Crippen LogP contribution < -0.4 is 19.6 Å². The molecule has 67 heavy (non-hydrogen) atoms. The molecule has 0 radical (unpaired) electrons. The zero-order valence-electron chi connectivity index (χ0n) is 32.0. The standard InChI is InChI=1S/C35H23F26NO5/c36-24(37,26(40,41)28(44,45)30(48,49)32(52,53)34(56,57)58)11-1-3-13-65-21-10-7-18(23(64)67-20-9-6-17(16-62)5-8-19(20)63)15-22(21)66-14-4-2-12-25(38,39)27(42,43)29(46,47)31(50,51)33(54,55)35(59,60)61/h5-10,15H,1-4,11-14H2. The van der Waals surface area contributed by atoms with Crippen LogP contribution in [-0.4, -0.2) is 90.8 Å². The topological polar surface area (TPSA) is 85.6 Å². The number of alkyl halides is 26. The van der Waals surface area contributed by atoms with Gasteiger partial charge in [-0.1, -0.05) is 0 Å². The van der Waals surface area contributed by atoms with Crippen LogP contribution >= 0.6 is 0 Å². The van der Waals surface area contributed by atoms with Gasteiger partial charge in [-0.25, -0.2) is 4.79 Å². The molecule has 0 fully saturated rings. The summed E-state index contributed by atoms with van der Waals surface area (Å²) >= 11 is 0. The molecule has 380 valence electrons. The van der Waals surface area contributed by atoms with Crippen LogP contribution in [0.3, 0.4) is 0 Å². The molecule has 0 atom stereocenters. The summed E-state index contributed by atoms with van der Waals surface area (Å²) < 4.78 is 363. The normalized spacial score (nSPS) is 14.4. The largest absolute Gasteiger partial charge is 0.490 e. The number of ether oxygens (including phenoxy) is 3. The smallest absolute Gasteiger partial charge is 0.460 e. The van der Waals surface area contributed by atoms with Crippen LogP contribution in [-0.2, 0) is 0 Å². The first kappa shape index (κ1) is 58.0. The Hall–Kier alpha value is -5.15. The quantitative estimate of drug-likeness (QED) is 0.0663. The molecule has 0 bridgehead atoms. The van der Waals surface area contributed by atoms with Crippen LogP contribution in [0.25, 0.3) is 0 Å². The number of nitriles is 1. The molecule has 0 amide bonds. The second-order valence-electron chi connectivity index (χ2n) is 13.6. The zero-order chi connectivity index (χ0) is 52.5. The predicted molar refractivity (Wildman–Crippen MR) is 169 cm³/mol. The summed E-state index contributed by atoms with van der Waals surface area (Å²) in [4.78, 5) is 25.1. The minimum Gasteiger partial charge on any atom is -0.490 e. The number of hydrogen-bond acceptors (Lipinski definition) is 6. The molecule has 0 saturated carbocycles. The summed E-state index contributed by atoms with van der Waals surface area (Å²) in [7, 11) is 0. The number of nitrogens with zero attached hydrogens (tertiary/aromatic N) is 1. The van der Waals surface area contributed by atoms with Crippen molar-refractivity contribution in [2.24, 2.45) is 0 Å². The SMILES string of the molecule is N#Cc1ccc(OC(=O)c2ccc(OCCCCC(F)(F)C(F)(F)C(F)(F)C(F)(F)C(F)(F)C(F)(F)F)c(OCCCCC(F)(F)C(F)(F)C(F)(F)C(F)(F)C(F)(F)C(F)(F)F)c2)c(=O)cc1. The van der Waals surface area contributed by atoms with Crippen LogP contribution in [0.1, 0.15) is 54.4 Å². The van der Waals surface area contributed by atoms with E-state index in [0.717, 1.165) is 24.3 Å². The van der Waals surface area contributed by atoms with Crippen molar-refractivity contribution in [3.63, 3.8) is 0 Å². The summed E-state index contributed by atoms with van der Waals surface area (Å²) in [6.45, 7) is -2.28. The second kappa shape index (κ2) is 19.1. The summed E-state index contributed by atoms with van der Waals surface area (Å²) in [5.74, 6) is -80.6. The van der Waals surface area contributed by atoms with Gasteiger partial charge in [0.05, 0.1) is 30.4 Å². The Morgan fingerprint density at radius 3 is 1.19 bits per heavy atom. The van der Waals surface area contributed by atoms with E-state index in [1.165, 1.54) is 0 Å². The van der Waals surface area contributed by atoms with Gasteiger partial charge in [-0.15, -0.1) is 0 Å². The Bertz CT molecular complexity index is 2160. The predicted octanol–water partition coefficient (Wildman–Crippen LogP) is 12.7. The average molecular weight is 1030 g/mol. The van der Waals surface area contributed by atoms with Crippen LogP contribution in [0.4, 0.5) is 114 Å². The third-order valence-electron chi connectivity index (χ3n) is 8.86. The fraction of sp³-hybridized carbons (Fsp3) is 0.571. The van der Waals surface area contributed by atoms with E-state index in [0.29, 0.717) is 18.2 Å². The summed E-state index contributed by atoms with van der Waals surface area (Å²) in [5, 5.41) is 8.96. The highest BCUT2D eigenvalue weighted by Crippen LogP contribution is 2.62. The second-order valence-corrected chi connectivity index (χ2v) is 13.6. The van der Waals surface area contributed by atoms with E-state index < -0.39 is 158 Å². The third kappa shape index (κ3) is 10.8. The molecule has 0 spiro atoms. The fourth-order valence-electron chi connectivity index (χ4n) is 4.92. The van der Waals surface area contributed by atoms with E-state index >= 15 is 0 Å². The van der Waals surface area contributed by atoms with Gasteiger partial charge in [0, 0.05) is 12.8 Å². The summed E-state index contributed by atoms with van der Waals surface area (Å²) in [6.07, 6.45) is -26.0. The first-order valence-corrected chi connectivity index (χ1v) is 17.5. The lowest BCUT2D eigenvalue weighted by Crippen LogP contribution is -2.70. The fourth-order valence-corrected chi connectivity index (χ4v) is 4.92. The minimum atomic E-state index is -8.18. The van der Waals surface area contributed by atoms with Crippen molar-refractivity contribution in [2.75, 3.05) is 13.2 Å². The number of rotatable bonds is 22. The number of esters is 1. The Morgan fingerprint density at radius 2 is 0.806 bits per heavy atom. The minimum absolute atomic E-state index is 0.143. The third-order valence-corrected chi connectivity index (χ3v) is 8.86. The molecule has 0 aromatic heterocycles.